The first-order valence-electron chi connectivity index (χ1n) is 5.64. The standard InChI is InChI=1S/C12H19FO3/c1-11(2,3)16-10(15)12(13)6-4-9(8-14)5-7-12/h8-9H,4-7H2,1-3H3. The van der Waals surface area contributed by atoms with Crippen molar-refractivity contribution in [2.45, 2.75) is 57.7 Å². The molecule has 0 spiro atoms. The van der Waals surface area contributed by atoms with Crippen LogP contribution in [0.5, 0.6) is 0 Å². The van der Waals surface area contributed by atoms with Gasteiger partial charge in [-0.1, -0.05) is 0 Å². The second kappa shape index (κ2) is 4.52. The summed E-state index contributed by atoms with van der Waals surface area (Å²) in [5, 5.41) is 0. The Hall–Kier alpha value is -0.930. The monoisotopic (exact) mass is 230 g/mol. The molecule has 0 atom stereocenters. The third-order valence-electron chi connectivity index (χ3n) is 2.78. The average Bonchev–Trinajstić information content (AvgIpc) is 2.16. The number of hydrogen-bond donors (Lipinski definition) is 0. The quantitative estimate of drug-likeness (QED) is 0.540. The molecule has 1 aliphatic rings. The first kappa shape index (κ1) is 13.1. The van der Waals surface area contributed by atoms with Crippen molar-refractivity contribution >= 4 is 12.3 Å². The smallest absolute Gasteiger partial charge is 0.344 e. The third-order valence-corrected chi connectivity index (χ3v) is 2.78. The average molecular weight is 230 g/mol. The minimum Gasteiger partial charge on any atom is -0.458 e. The molecule has 1 aliphatic carbocycles. The number of esters is 1. The molecular weight excluding hydrogens is 211 g/mol. The number of hydrogen-bond acceptors (Lipinski definition) is 3. The predicted octanol–water partition coefficient (Wildman–Crippen LogP) is 2.43. The fourth-order valence-electron chi connectivity index (χ4n) is 1.81. The summed E-state index contributed by atoms with van der Waals surface area (Å²) in [6, 6.07) is 0. The fraction of sp³-hybridized carbons (Fsp3) is 0.833. The van der Waals surface area contributed by atoms with Gasteiger partial charge in [-0.3, -0.25) is 0 Å². The van der Waals surface area contributed by atoms with Crippen LogP contribution >= 0.6 is 0 Å². The molecule has 0 aromatic heterocycles. The van der Waals surface area contributed by atoms with Crippen LogP contribution in [0.1, 0.15) is 46.5 Å². The van der Waals surface area contributed by atoms with Crippen LogP contribution in [0, 0.1) is 5.92 Å². The number of carbonyl (C=O) groups is 2. The molecule has 0 aromatic carbocycles. The van der Waals surface area contributed by atoms with E-state index in [0.717, 1.165) is 6.29 Å². The maximum atomic E-state index is 14.2. The van der Waals surface area contributed by atoms with Crippen molar-refractivity contribution in [3.8, 4) is 0 Å². The van der Waals surface area contributed by atoms with E-state index in [1.807, 2.05) is 0 Å². The summed E-state index contributed by atoms with van der Waals surface area (Å²) in [6.07, 6.45) is 1.88. The van der Waals surface area contributed by atoms with Crippen molar-refractivity contribution in [1.82, 2.24) is 0 Å². The second-order valence-electron chi connectivity index (χ2n) is 5.44. The summed E-state index contributed by atoms with van der Waals surface area (Å²) in [7, 11) is 0. The van der Waals surface area contributed by atoms with Crippen molar-refractivity contribution in [3.05, 3.63) is 0 Å². The van der Waals surface area contributed by atoms with Crippen LogP contribution in [-0.2, 0) is 14.3 Å². The molecule has 1 saturated carbocycles. The number of halogens is 1. The van der Waals surface area contributed by atoms with Gasteiger partial charge in [-0.05, 0) is 46.5 Å². The largest absolute Gasteiger partial charge is 0.458 e. The summed E-state index contributed by atoms with van der Waals surface area (Å²) in [5.41, 5.74) is -2.57. The van der Waals surface area contributed by atoms with Crippen LogP contribution in [0.4, 0.5) is 4.39 Å². The molecule has 1 rings (SSSR count). The molecule has 0 radical (unpaired) electrons. The third kappa shape index (κ3) is 3.29. The van der Waals surface area contributed by atoms with Crippen LogP contribution in [0.25, 0.3) is 0 Å². The molecule has 4 heteroatoms. The summed E-state index contributed by atoms with van der Waals surface area (Å²) in [6.45, 7) is 5.14. The lowest BCUT2D eigenvalue weighted by molar-refractivity contribution is -0.172. The van der Waals surface area contributed by atoms with Crippen molar-refractivity contribution < 1.29 is 18.7 Å². The van der Waals surface area contributed by atoms with Gasteiger partial charge < -0.3 is 9.53 Å². The molecule has 0 bridgehead atoms. The molecule has 0 N–H and O–H groups in total. The van der Waals surface area contributed by atoms with E-state index in [-0.39, 0.29) is 18.8 Å². The Morgan fingerprint density at radius 1 is 1.38 bits per heavy atom. The number of aldehydes is 1. The van der Waals surface area contributed by atoms with Gasteiger partial charge >= 0.3 is 5.97 Å². The molecule has 3 nitrogen and oxygen atoms in total. The van der Waals surface area contributed by atoms with Gasteiger partial charge in [-0.2, -0.15) is 0 Å². The van der Waals surface area contributed by atoms with Crippen LogP contribution < -0.4 is 0 Å². The first-order chi connectivity index (χ1) is 7.27. The maximum absolute atomic E-state index is 14.2. The minimum atomic E-state index is -1.90. The molecule has 0 amide bonds. The van der Waals surface area contributed by atoms with Crippen LogP contribution in [-0.4, -0.2) is 23.5 Å². The number of rotatable bonds is 2. The van der Waals surface area contributed by atoms with Crippen LogP contribution in [0.3, 0.4) is 0 Å². The lowest BCUT2D eigenvalue weighted by atomic mass is 9.80. The maximum Gasteiger partial charge on any atom is 0.344 e. The van der Waals surface area contributed by atoms with E-state index in [1.54, 1.807) is 20.8 Å². The topological polar surface area (TPSA) is 43.4 Å². The molecule has 1 fully saturated rings. The fourth-order valence-corrected chi connectivity index (χ4v) is 1.81. The zero-order valence-electron chi connectivity index (χ0n) is 10.1. The Kier molecular flexibility index (Phi) is 3.71. The minimum absolute atomic E-state index is 0.0886. The van der Waals surface area contributed by atoms with E-state index in [1.165, 1.54) is 0 Å². The Labute approximate surface area is 95.3 Å². The van der Waals surface area contributed by atoms with E-state index in [9.17, 15) is 14.0 Å². The van der Waals surface area contributed by atoms with Crippen molar-refractivity contribution in [1.29, 1.82) is 0 Å². The van der Waals surface area contributed by atoms with Crippen molar-refractivity contribution in [2.24, 2.45) is 5.92 Å². The van der Waals surface area contributed by atoms with Gasteiger partial charge in [0.15, 0.2) is 0 Å². The molecule has 0 aromatic rings. The van der Waals surface area contributed by atoms with Gasteiger partial charge in [-0.25, -0.2) is 9.18 Å². The number of ether oxygens (including phenoxy) is 1. The van der Waals surface area contributed by atoms with Gasteiger partial charge in [0.1, 0.15) is 11.9 Å². The Morgan fingerprint density at radius 3 is 2.25 bits per heavy atom. The second-order valence-corrected chi connectivity index (χ2v) is 5.44. The van der Waals surface area contributed by atoms with E-state index >= 15 is 0 Å². The highest BCUT2D eigenvalue weighted by Gasteiger charge is 2.44. The molecule has 0 aliphatic heterocycles. The summed E-state index contributed by atoms with van der Waals surface area (Å²) >= 11 is 0. The van der Waals surface area contributed by atoms with Gasteiger partial charge in [0, 0.05) is 5.92 Å². The van der Waals surface area contributed by atoms with E-state index in [4.69, 9.17) is 4.74 Å². The van der Waals surface area contributed by atoms with Gasteiger partial charge in [0.2, 0.25) is 5.67 Å². The first-order valence-corrected chi connectivity index (χ1v) is 5.64. The van der Waals surface area contributed by atoms with Crippen molar-refractivity contribution in [2.75, 3.05) is 0 Å². The molecule has 0 heterocycles. The lowest BCUT2D eigenvalue weighted by Gasteiger charge is -2.32. The highest BCUT2D eigenvalue weighted by Crippen LogP contribution is 2.36. The van der Waals surface area contributed by atoms with Gasteiger partial charge in [-0.15, -0.1) is 0 Å². The molecule has 16 heavy (non-hydrogen) atoms. The normalized spacial score (nSPS) is 30.9. The van der Waals surface area contributed by atoms with Crippen LogP contribution in [0.2, 0.25) is 0 Å². The highest BCUT2D eigenvalue weighted by atomic mass is 19.1. The molecule has 0 saturated heterocycles. The predicted molar refractivity (Wildman–Crippen MR) is 57.7 cm³/mol. The molecule has 0 unspecified atom stereocenters. The van der Waals surface area contributed by atoms with E-state index in [0.29, 0.717) is 12.8 Å². The number of carbonyl (C=O) groups excluding carboxylic acids is 2. The molecule has 92 valence electrons. The summed E-state index contributed by atoms with van der Waals surface area (Å²) in [5.74, 6) is -0.893. The number of alkyl halides is 1. The highest BCUT2D eigenvalue weighted by molar-refractivity contribution is 5.80. The van der Waals surface area contributed by atoms with Gasteiger partial charge in [0.25, 0.3) is 0 Å². The Bertz CT molecular complexity index is 272. The SMILES string of the molecule is CC(C)(C)OC(=O)C1(F)CCC(C=O)CC1. The molecular formula is C12H19FO3. The lowest BCUT2D eigenvalue weighted by Crippen LogP contribution is -2.42. The van der Waals surface area contributed by atoms with Gasteiger partial charge in [0.05, 0.1) is 0 Å². The summed E-state index contributed by atoms with van der Waals surface area (Å²) in [4.78, 5) is 22.2. The van der Waals surface area contributed by atoms with Crippen molar-refractivity contribution in [3.63, 3.8) is 0 Å². The Morgan fingerprint density at radius 2 is 1.88 bits per heavy atom. The zero-order chi connectivity index (χ0) is 12.4. The zero-order valence-corrected chi connectivity index (χ0v) is 10.1. The summed E-state index contributed by atoms with van der Waals surface area (Å²) < 4.78 is 19.3. The Balaban J connectivity index is 2.59. The van der Waals surface area contributed by atoms with Crippen LogP contribution in [0.15, 0.2) is 0 Å². The van der Waals surface area contributed by atoms with E-state index < -0.39 is 17.2 Å². The van der Waals surface area contributed by atoms with E-state index in [2.05, 4.69) is 0 Å².